The Balaban J connectivity index is 1.43. The van der Waals surface area contributed by atoms with Gasteiger partial charge in [0.15, 0.2) is 0 Å². The van der Waals surface area contributed by atoms with Gasteiger partial charge in [-0.05, 0) is 62.0 Å². The number of hydrogen-bond acceptors (Lipinski definition) is 5. The van der Waals surface area contributed by atoms with E-state index in [9.17, 15) is 9.59 Å². The van der Waals surface area contributed by atoms with Crippen molar-refractivity contribution in [3.8, 4) is 0 Å². The molecule has 7 heteroatoms. The van der Waals surface area contributed by atoms with Crippen molar-refractivity contribution >= 4 is 28.5 Å². The Labute approximate surface area is 155 Å². The van der Waals surface area contributed by atoms with Gasteiger partial charge in [0, 0.05) is 17.0 Å². The van der Waals surface area contributed by atoms with Crippen LogP contribution in [0.3, 0.4) is 0 Å². The summed E-state index contributed by atoms with van der Waals surface area (Å²) in [6.07, 6.45) is 3.13. The Bertz CT molecular complexity index is 889. The van der Waals surface area contributed by atoms with Crippen molar-refractivity contribution in [3.05, 3.63) is 45.3 Å². The van der Waals surface area contributed by atoms with Crippen LogP contribution in [0.25, 0.3) is 11.0 Å². The lowest BCUT2D eigenvalue weighted by Gasteiger charge is -2.32. The Morgan fingerprint density at radius 2 is 2.12 bits per heavy atom. The number of fused-ring (bicyclic) bond motifs is 1. The molecule has 1 amide bonds. The minimum absolute atomic E-state index is 0.0148. The van der Waals surface area contributed by atoms with E-state index < -0.39 is 11.5 Å². The van der Waals surface area contributed by atoms with Crippen LogP contribution >= 0.6 is 11.6 Å². The molecule has 1 spiro atoms. The number of carbonyl (C=O) groups is 1. The van der Waals surface area contributed by atoms with Gasteiger partial charge in [0.2, 0.25) is 0 Å². The maximum atomic E-state index is 12.4. The molecule has 0 radical (unpaired) electrons. The third-order valence-corrected chi connectivity index (χ3v) is 5.61. The largest absolute Gasteiger partial charge is 0.422 e. The standard InChI is InChI=1S/C19H21ClN2O4/c20-13-1-2-16-12(7-13)8-15(18(24)26-16)17(23)22-10-14-9-19(11-25-14)3-5-21-6-4-19/h1-2,7-8,14,21H,3-6,9-11H2,(H,22,23). The maximum absolute atomic E-state index is 12.4. The van der Waals surface area contributed by atoms with Gasteiger partial charge in [-0.15, -0.1) is 0 Å². The van der Waals surface area contributed by atoms with Crippen LogP contribution < -0.4 is 16.3 Å². The molecule has 2 N–H and O–H groups in total. The summed E-state index contributed by atoms with van der Waals surface area (Å²) >= 11 is 5.97. The average Bonchev–Trinajstić information content (AvgIpc) is 3.02. The number of benzene rings is 1. The van der Waals surface area contributed by atoms with Gasteiger partial charge in [0.1, 0.15) is 11.1 Å². The van der Waals surface area contributed by atoms with Crippen LogP contribution in [-0.2, 0) is 4.74 Å². The van der Waals surface area contributed by atoms with Gasteiger partial charge in [-0.2, -0.15) is 0 Å². The summed E-state index contributed by atoms with van der Waals surface area (Å²) in [4.78, 5) is 24.5. The van der Waals surface area contributed by atoms with Gasteiger partial charge in [-0.3, -0.25) is 4.79 Å². The molecule has 4 rings (SSSR count). The van der Waals surface area contributed by atoms with Crippen LogP contribution in [0.5, 0.6) is 0 Å². The summed E-state index contributed by atoms with van der Waals surface area (Å²) in [5, 5.41) is 7.31. The maximum Gasteiger partial charge on any atom is 0.349 e. The van der Waals surface area contributed by atoms with Crippen molar-refractivity contribution in [2.45, 2.75) is 25.4 Å². The predicted octanol–water partition coefficient (Wildman–Crippen LogP) is 2.33. The third-order valence-electron chi connectivity index (χ3n) is 5.38. The molecule has 0 saturated carbocycles. The zero-order valence-corrected chi connectivity index (χ0v) is 15.1. The monoisotopic (exact) mass is 376 g/mol. The fourth-order valence-corrected chi connectivity index (χ4v) is 4.07. The Morgan fingerprint density at radius 3 is 2.92 bits per heavy atom. The quantitative estimate of drug-likeness (QED) is 0.804. The van der Waals surface area contributed by atoms with Gasteiger partial charge in [-0.1, -0.05) is 11.6 Å². The highest BCUT2D eigenvalue weighted by atomic mass is 35.5. The number of ether oxygens (including phenoxy) is 1. The molecule has 1 unspecified atom stereocenters. The lowest BCUT2D eigenvalue weighted by Crippen LogP contribution is -2.38. The highest BCUT2D eigenvalue weighted by Gasteiger charge is 2.40. The first-order valence-electron chi connectivity index (χ1n) is 8.89. The van der Waals surface area contributed by atoms with Gasteiger partial charge in [-0.25, -0.2) is 4.79 Å². The van der Waals surface area contributed by atoms with E-state index in [1.807, 2.05) is 0 Å². The Hall–Kier alpha value is -1.89. The number of hydrogen-bond donors (Lipinski definition) is 2. The van der Waals surface area contributed by atoms with Crippen molar-refractivity contribution in [2.24, 2.45) is 5.41 Å². The van der Waals surface area contributed by atoms with Crippen LogP contribution in [0, 0.1) is 5.41 Å². The summed E-state index contributed by atoms with van der Waals surface area (Å²) in [5.41, 5.74) is -0.0314. The van der Waals surface area contributed by atoms with Gasteiger partial charge in [0.05, 0.1) is 12.7 Å². The molecule has 1 aromatic carbocycles. The van der Waals surface area contributed by atoms with Gasteiger partial charge < -0.3 is 19.8 Å². The molecule has 2 saturated heterocycles. The molecule has 1 aromatic heterocycles. The first-order valence-corrected chi connectivity index (χ1v) is 9.26. The number of carbonyl (C=O) groups excluding carboxylic acids is 1. The van der Waals surface area contributed by atoms with E-state index in [0.29, 0.717) is 22.5 Å². The first-order chi connectivity index (χ1) is 12.5. The lowest BCUT2D eigenvalue weighted by atomic mass is 9.77. The molecule has 2 aromatic rings. The van der Waals surface area contributed by atoms with E-state index in [-0.39, 0.29) is 17.1 Å². The number of piperidine rings is 1. The molecule has 2 aliphatic heterocycles. The molecule has 0 aliphatic carbocycles. The Morgan fingerprint density at radius 1 is 1.31 bits per heavy atom. The molecule has 3 heterocycles. The Kier molecular flexibility index (Phi) is 4.73. The SMILES string of the molecule is O=C(NCC1CC2(CCNCC2)CO1)c1cc2cc(Cl)ccc2oc1=O. The number of halogens is 1. The highest BCUT2D eigenvalue weighted by Crippen LogP contribution is 2.40. The van der Waals surface area contributed by atoms with Crippen LogP contribution in [0.1, 0.15) is 29.6 Å². The van der Waals surface area contributed by atoms with Crippen molar-refractivity contribution in [1.29, 1.82) is 0 Å². The second-order valence-corrected chi connectivity index (χ2v) is 7.66. The normalized spacial score (nSPS) is 22.0. The second-order valence-electron chi connectivity index (χ2n) is 7.23. The zero-order chi connectivity index (χ0) is 18.1. The number of nitrogens with one attached hydrogen (secondary N) is 2. The molecular formula is C19H21ClN2O4. The molecule has 2 fully saturated rings. The van der Waals surface area contributed by atoms with Gasteiger partial charge in [0.25, 0.3) is 5.91 Å². The minimum atomic E-state index is -0.653. The fourth-order valence-electron chi connectivity index (χ4n) is 3.89. The molecule has 0 bridgehead atoms. The van der Waals surface area contributed by atoms with Crippen LogP contribution in [0.15, 0.2) is 33.5 Å². The van der Waals surface area contributed by atoms with E-state index >= 15 is 0 Å². The first kappa shape index (κ1) is 17.5. The van der Waals surface area contributed by atoms with Crippen molar-refractivity contribution in [3.63, 3.8) is 0 Å². The van der Waals surface area contributed by atoms with E-state index in [1.165, 1.54) is 6.07 Å². The van der Waals surface area contributed by atoms with E-state index in [2.05, 4.69) is 10.6 Å². The van der Waals surface area contributed by atoms with E-state index in [1.54, 1.807) is 18.2 Å². The molecule has 6 nitrogen and oxygen atoms in total. The third kappa shape index (κ3) is 3.49. The summed E-state index contributed by atoms with van der Waals surface area (Å²) < 4.78 is 11.1. The van der Waals surface area contributed by atoms with Crippen LogP contribution in [-0.4, -0.2) is 38.3 Å². The molecular weight excluding hydrogens is 356 g/mol. The molecule has 26 heavy (non-hydrogen) atoms. The summed E-state index contributed by atoms with van der Waals surface area (Å²) in [6.45, 7) is 3.17. The van der Waals surface area contributed by atoms with E-state index in [0.717, 1.165) is 39.0 Å². The summed E-state index contributed by atoms with van der Waals surface area (Å²) in [5.74, 6) is -0.449. The topological polar surface area (TPSA) is 80.6 Å². The molecule has 1 atom stereocenters. The number of amides is 1. The molecule has 2 aliphatic rings. The van der Waals surface area contributed by atoms with Crippen LogP contribution in [0.4, 0.5) is 0 Å². The second kappa shape index (κ2) is 7.02. The van der Waals surface area contributed by atoms with Crippen LogP contribution in [0.2, 0.25) is 5.02 Å². The van der Waals surface area contributed by atoms with Crippen molar-refractivity contribution in [2.75, 3.05) is 26.2 Å². The fraction of sp³-hybridized carbons (Fsp3) is 0.474. The summed E-state index contributed by atoms with van der Waals surface area (Å²) in [7, 11) is 0. The number of rotatable bonds is 3. The van der Waals surface area contributed by atoms with E-state index in [4.69, 9.17) is 20.8 Å². The zero-order valence-electron chi connectivity index (χ0n) is 14.3. The minimum Gasteiger partial charge on any atom is -0.422 e. The summed E-state index contributed by atoms with van der Waals surface area (Å²) in [6, 6.07) is 6.44. The van der Waals surface area contributed by atoms with Crippen molar-refractivity contribution < 1.29 is 13.9 Å². The average molecular weight is 377 g/mol. The van der Waals surface area contributed by atoms with Crippen molar-refractivity contribution in [1.82, 2.24) is 10.6 Å². The van der Waals surface area contributed by atoms with Gasteiger partial charge >= 0.3 is 5.63 Å². The molecule has 138 valence electrons. The predicted molar refractivity (Wildman–Crippen MR) is 98.7 cm³/mol. The lowest BCUT2D eigenvalue weighted by molar-refractivity contribution is 0.0780. The highest BCUT2D eigenvalue weighted by molar-refractivity contribution is 6.31. The smallest absolute Gasteiger partial charge is 0.349 e.